The number of hydrogen-bond acceptors (Lipinski definition) is 6. The highest BCUT2D eigenvalue weighted by Crippen LogP contribution is 2.30. The number of carbonyl (C=O) groups is 1. The molecule has 0 bridgehead atoms. The summed E-state index contributed by atoms with van der Waals surface area (Å²) in [5, 5.41) is 0. The summed E-state index contributed by atoms with van der Waals surface area (Å²) >= 11 is 0. The highest BCUT2D eigenvalue weighted by atomic mass is 16.7. The van der Waals surface area contributed by atoms with Crippen molar-refractivity contribution in [3.8, 4) is 0 Å². The van der Waals surface area contributed by atoms with Gasteiger partial charge in [0.2, 0.25) is 0 Å². The molecular formula is C13H16N2O6. The zero-order chi connectivity index (χ0) is 15.0. The summed E-state index contributed by atoms with van der Waals surface area (Å²) in [6.45, 7) is 1.75. The lowest BCUT2D eigenvalue weighted by Crippen LogP contribution is -2.34. The van der Waals surface area contributed by atoms with E-state index in [0.717, 1.165) is 12.8 Å². The van der Waals surface area contributed by atoms with Gasteiger partial charge in [-0.3, -0.25) is 19.1 Å². The van der Waals surface area contributed by atoms with E-state index in [1.165, 1.54) is 10.8 Å². The zero-order valence-corrected chi connectivity index (χ0v) is 11.5. The summed E-state index contributed by atoms with van der Waals surface area (Å²) in [5.74, 6) is -0.214. The molecule has 1 aromatic heterocycles. The van der Waals surface area contributed by atoms with E-state index in [0.29, 0.717) is 5.56 Å². The Morgan fingerprint density at radius 1 is 1.48 bits per heavy atom. The van der Waals surface area contributed by atoms with E-state index in [4.69, 9.17) is 14.2 Å². The van der Waals surface area contributed by atoms with E-state index in [1.54, 1.807) is 6.92 Å². The number of esters is 1. The number of rotatable bonds is 4. The van der Waals surface area contributed by atoms with Crippen molar-refractivity contribution in [2.24, 2.45) is 5.92 Å². The van der Waals surface area contributed by atoms with Gasteiger partial charge in [-0.15, -0.1) is 0 Å². The van der Waals surface area contributed by atoms with Crippen molar-refractivity contribution in [3.05, 3.63) is 32.6 Å². The molecule has 1 saturated heterocycles. The van der Waals surface area contributed by atoms with Crippen LogP contribution in [0.25, 0.3) is 0 Å². The van der Waals surface area contributed by atoms with Gasteiger partial charge in [0.15, 0.2) is 12.5 Å². The highest BCUT2D eigenvalue weighted by molar-refractivity contribution is 5.74. The topological polar surface area (TPSA) is 99.6 Å². The van der Waals surface area contributed by atoms with Crippen LogP contribution in [0.2, 0.25) is 0 Å². The fourth-order valence-electron chi connectivity index (χ4n) is 2.06. The summed E-state index contributed by atoms with van der Waals surface area (Å²) < 4.78 is 17.2. The molecule has 2 aliphatic rings. The van der Waals surface area contributed by atoms with Gasteiger partial charge in [-0.05, 0) is 19.8 Å². The van der Waals surface area contributed by atoms with Crippen LogP contribution < -0.4 is 11.2 Å². The van der Waals surface area contributed by atoms with Gasteiger partial charge in [-0.2, -0.15) is 0 Å². The second-order valence-electron chi connectivity index (χ2n) is 5.24. The van der Waals surface area contributed by atoms with Gasteiger partial charge in [0, 0.05) is 11.8 Å². The molecule has 2 unspecified atom stereocenters. The van der Waals surface area contributed by atoms with Crippen LogP contribution >= 0.6 is 0 Å². The molecule has 3 rings (SSSR count). The molecule has 8 heteroatoms. The van der Waals surface area contributed by atoms with Crippen molar-refractivity contribution in [1.29, 1.82) is 0 Å². The molecule has 1 saturated carbocycles. The summed E-state index contributed by atoms with van der Waals surface area (Å²) in [6.07, 6.45) is 1.84. The molecule has 21 heavy (non-hydrogen) atoms. The van der Waals surface area contributed by atoms with Gasteiger partial charge in [0.1, 0.15) is 6.61 Å². The lowest BCUT2D eigenvalue weighted by Gasteiger charge is -2.13. The minimum atomic E-state index is -0.697. The lowest BCUT2D eigenvalue weighted by atomic mass is 10.4. The largest absolute Gasteiger partial charge is 0.460 e. The van der Waals surface area contributed by atoms with Crippen molar-refractivity contribution in [2.75, 3.05) is 13.2 Å². The standard InChI is InChI=1S/C13H16N2O6/c1-7-4-15(13(18)14-11(7)16)9-5-19-10(21-9)6-20-12(17)8-2-3-8/h4,8-10H,2-3,5-6H2,1H3,(H,14,16,18). The molecule has 1 aliphatic heterocycles. The minimum absolute atomic E-state index is 0.00290. The monoisotopic (exact) mass is 296 g/mol. The van der Waals surface area contributed by atoms with E-state index in [9.17, 15) is 14.4 Å². The summed E-state index contributed by atoms with van der Waals surface area (Å²) in [7, 11) is 0. The number of aromatic nitrogens is 2. The fraction of sp³-hybridized carbons (Fsp3) is 0.615. The molecule has 1 N–H and O–H groups in total. The summed E-state index contributed by atoms with van der Waals surface area (Å²) in [6, 6.07) is 0. The zero-order valence-electron chi connectivity index (χ0n) is 11.5. The smallest absolute Gasteiger partial charge is 0.330 e. The number of aryl methyl sites for hydroxylation is 1. The molecule has 0 spiro atoms. The Hall–Kier alpha value is -1.93. The van der Waals surface area contributed by atoms with Gasteiger partial charge < -0.3 is 14.2 Å². The molecule has 0 amide bonds. The maximum absolute atomic E-state index is 11.7. The molecule has 8 nitrogen and oxygen atoms in total. The van der Waals surface area contributed by atoms with Crippen LogP contribution in [0.1, 0.15) is 24.6 Å². The van der Waals surface area contributed by atoms with E-state index < -0.39 is 23.8 Å². The molecule has 1 aromatic rings. The SMILES string of the molecule is Cc1cn(C2COC(COC(=O)C3CC3)O2)c(=O)[nH]c1=O. The quantitative estimate of drug-likeness (QED) is 0.764. The first-order valence-electron chi connectivity index (χ1n) is 6.80. The first kappa shape index (κ1) is 14.0. The Kier molecular flexibility index (Phi) is 3.64. The van der Waals surface area contributed by atoms with Crippen LogP contribution in [0.4, 0.5) is 0 Å². The number of carbonyl (C=O) groups excluding carboxylic acids is 1. The molecule has 2 fully saturated rings. The molecule has 2 heterocycles. The first-order valence-corrected chi connectivity index (χ1v) is 6.80. The second kappa shape index (κ2) is 5.45. The van der Waals surface area contributed by atoms with Crippen molar-refractivity contribution in [2.45, 2.75) is 32.3 Å². The molecule has 2 atom stereocenters. The number of ether oxygens (including phenoxy) is 3. The average Bonchev–Trinajstić information content (AvgIpc) is 3.20. The van der Waals surface area contributed by atoms with Crippen LogP contribution in [0.3, 0.4) is 0 Å². The second-order valence-corrected chi connectivity index (χ2v) is 5.24. The lowest BCUT2D eigenvalue weighted by molar-refractivity contribution is -0.160. The Bertz CT molecular complexity index is 659. The maximum Gasteiger partial charge on any atom is 0.330 e. The molecule has 0 aromatic carbocycles. The van der Waals surface area contributed by atoms with Crippen molar-refractivity contribution in [1.82, 2.24) is 9.55 Å². The first-order chi connectivity index (χ1) is 10.0. The van der Waals surface area contributed by atoms with Crippen LogP contribution in [0.15, 0.2) is 15.8 Å². The van der Waals surface area contributed by atoms with Gasteiger partial charge in [-0.1, -0.05) is 0 Å². The van der Waals surface area contributed by atoms with Gasteiger partial charge in [0.25, 0.3) is 5.56 Å². The average molecular weight is 296 g/mol. The van der Waals surface area contributed by atoms with Gasteiger partial charge >= 0.3 is 11.7 Å². The Balaban J connectivity index is 1.61. The van der Waals surface area contributed by atoms with Crippen molar-refractivity contribution < 1.29 is 19.0 Å². The summed E-state index contributed by atoms with van der Waals surface area (Å²) in [5.41, 5.74) is -0.582. The Labute approximate surface area is 119 Å². The Morgan fingerprint density at radius 2 is 2.24 bits per heavy atom. The molecule has 0 radical (unpaired) electrons. The predicted octanol–water partition coefficient (Wildman–Crippen LogP) is -0.330. The van der Waals surface area contributed by atoms with E-state index in [1.807, 2.05) is 0 Å². The molecule has 1 aliphatic carbocycles. The Morgan fingerprint density at radius 3 is 2.95 bits per heavy atom. The van der Waals surface area contributed by atoms with E-state index in [2.05, 4.69) is 4.98 Å². The maximum atomic E-state index is 11.7. The number of aromatic amines is 1. The third-order valence-electron chi connectivity index (χ3n) is 3.46. The van der Waals surface area contributed by atoms with Crippen molar-refractivity contribution >= 4 is 5.97 Å². The molecular weight excluding hydrogens is 280 g/mol. The normalized spacial score (nSPS) is 25.0. The molecule has 114 valence electrons. The van der Waals surface area contributed by atoms with Crippen LogP contribution in [-0.2, 0) is 19.0 Å². The number of nitrogens with zero attached hydrogens (tertiary/aromatic N) is 1. The third-order valence-corrected chi connectivity index (χ3v) is 3.46. The third kappa shape index (κ3) is 3.06. The number of H-pyrrole nitrogens is 1. The van der Waals surface area contributed by atoms with Crippen LogP contribution in [0, 0.1) is 12.8 Å². The fourth-order valence-corrected chi connectivity index (χ4v) is 2.06. The minimum Gasteiger partial charge on any atom is -0.460 e. The van der Waals surface area contributed by atoms with E-state index >= 15 is 0 Å². The number of nitrogens with one attached hydrogen (secondary N) is 1. The van der Waals surface area contributed by atoms with Crippen LogP contribution in [-0.4, -0.2) is 35.0 Å². The van der Waals surface area contributed by atoms with E-state index in [-0.39, 0.29) is 25.1 Å². The van der Waals surface area contributed by atoms with Crippen molar-refractivity contribution in [3.63, 3.8) is 0 Å². The van der Waals surface area contributed by atoms with Gasteiger partial charge in [-0.25, -0.2) is 4.79 Å². The predicted molar refractivity (Wildman–Crippen MR) is 69.6 cm³/mol. The highest BCUT2D eigenvalue weighted by Gasteiger charge is 2.34. The van der Waals surface area contributed by atoms with Crippen LogP contribution in [0.5, 0.6) is 0 Å². The number of hydrogen-bond donors (Lipinski definition) is 1. The summed E-state index contributed by atoms with van der Waals surface area (Å²) in [4.78, 5) is 36.7. The van der Waals surface area contributed by atoms with Gasteiger partial charge in [0.05, 0.1) is 12.5 Å².